The number of benzene rings is 1. The molecule has 0 bridgehead atoms. The minimum Gasteiger partial charge on any atom is -0.508 e. The molecular weight excluding hydrogens is 198 g/mol. The van der Waals surface area contributed by atoms with Crippen LogP contribution >= 0.6 is 0 Å². The van der Waals surface area contributed by atoms with Crippen LogP contribution in [0.4, 0.5) is 0 Å². The van der Waals surface area contributed by atoms with E-state index in [2.05, 4.69) is 18.0 Å². The molecule has 2 nitrogen and oxygen atoms in total. The molecule has 16 heavy (non-hydrogen) atoms. The highest BCUT2D eigenvalue weighted by Crippen LogP contribution is 2.26. The van der Waals surface area contributed by atoms with Gasteiger partial charge in [-0.1, -0.05) is 13.8 Å². The van der Waals surface area contributed by atoms with Gasteiger partial charge in [0.2, 0.25) is 0 Å². The number of aromatic hydroxyl groups is 1. The van der Waals surface area contributed by atoms with Crippen LogP contribution in [0.1, 0.15) is 30.7 Å². The molecule has 0 radical (unpaired) electrons. The second-order valence-electron chi connectivity index (χ2n) is 3.69. The number of aryl methyl sites for hydroxylation is 3. The van der Waals surface area contributed by atoms with Gasteiger partial charge in [0.15, 0.2) is 0 Å². The molecule has 0 aliphatic heterocycles. The Balaban J connectivity index is 0.000000606. The molecule has 1 heterocycles. The van der Waals surface area contributed by atoms with Crippen LogP contribution in [0.15, 0.2) is 18.2 Å². The van der Waals surface area contributed by atoms with Crippen molar-refractivity contribution in [1.29, 1.82) is 0 Å². The predicted octanol–water partition coefficient (Wildman–Crippen LogP) is 3.89. The number of nitrogens with zero attached hydrogens (tertiary/aromatic N) is 1. The number of phenols is 1. The Morgan fingerprint density at radius 3 is 2.31 bits per heavy atom. The van der Waals surface area contributed by atoms with E-state index in [1.165, 1.54) is 5.56 Å². The number of phenolic OH excluding ortho intramolecular Hbond substituents is 1. The summed E-state index contributed by atoms with van der Waals surface area (Å²) in [5.41, 5.74) is 3.95. The third-order valence-electron chi connectivity index (χ3n) is 2.54. The fourth-order valence-electron chi connectivity index (χ4n) is 1.75. The van der Waals surface area contributed by atoms with Crippen molar-refractivity contribution >= 4 is 10.9 Å². The first-order valence-corrected chi connectivity index (χ1v) is 5.66. The lowest BCUT2D eigenvalue weighted by molar-refractivity contribution is 0.472. The minimum absolute atomic E-state index is 0.315. The molecule has 0 atom stereocenters. The number of hydrogen-bond donors (Lipinski definition) is 1. The zero-order valence-corrected chi connectivity index (χ0v) is 10.6. The standard InChI is InChI=1S/C12H13NO.C2H6/c1-7-6-8(2)13-12-9(3)11(14)5-4-10(7)12;1-2/h4-6,14H,1-3H3;1-2H3. The molecule has 0 aliphatic carbocycles. The summed E-state index contributed by atoms with van der Waals surface area (Å²) >= 11 is 0. The van der Waals surface area contributed by atoms with E-state index in [0.717, 1.165) is 22.2 Å². The van der Waals surface area contributed by atoms with Crippen molar-refractivity contribution in [1.82, 2.24) is 4.98 Å². The fraction of sp³-hybridized carbons (Fsp3) is 0.357. The van der Waals surface area contributed by atoms with Crippen molar-refractivity contribution < 1.29 is 5.11 Å². The Hall–Kier alpha value is -1.57. The third-order valence-corrected chi connectivity index (χ3v) is 2.54. The van der Waals surface area contributed by atoms with E-state index in [1.807, 2.05) is 33.8 Å². The van der Waals surface area contributed by atoms with Crippen molar-refractivity contribution in [3.05, 3.63) is 35.0 Å². The number of aromatic nitrogens is 1. The first-order valence-electron chi connectivity index (χ1n) is 5.66. The van der Waals surface area contributed by atoms with Crippen LogP contribution in [0.3, 0.4) is 0 Å². The summed E-state index contributed by atoms with van der Waals surface area (Å²) in [7, 11) is 0. The lowest BCUT2D eigenvalue weighted by Gasteiger charge is -2.07. The molecule has 0 spiro atoms. The van der Waals surface area contributed by atoms with Gasteiger partial charge in [0.05, 0.1) is 5.52 Å². The van der Waals surface area contributed by atoms with E-state index < -0.39 is 0 Å². The number of hydrogen-bond acceptors (Lipinski definition) is 2. The van der Waals surface area contributed by atoms with Crippen LogP contribution in [0.5, 0.6) is 5.75 Å². The normalized spacial score (nSPS) is 9.81. The van der Waals surface area contributed by atoms with Crippen LogP contribution in [0.25, 0.3) is 10.9 Å². The van der Waals surface area contributed by atoms with Gasteiger partial charge in [0, 0.05) is 16.6 Å². The maximum absolute atomic E-state index is 9.56. The van der Waals surface area contributed by atoms with Crippen molar-refractivity contribution in [2.24, 2.45) is 0 Å². The third kappa shape index (κ3) is 2.16. The van der Waals surface area contributed by atoms with Crippen molar-refractivity contribution in [3.63, 3.8) is 0 Å². The Morgan fingerprint density at radius 2 is 1.69 bits per heavy atom. The van der Waals surface area contributed by atoms with E-state index >= 15 is 0 Å². The molecule has 0 unspecified atom stereocenters. The zero-order valence-electron chi connectivity index (χ0n) is 10.6. The summed E-state index contributed by atoms with van der Waals surface area (Å²) in [5.74, 6) is 0.315. The van der Waals surface area contributed by atoms with Crippen molar-refractivity contribution in [3.8, 4) is 5.75 Å². The fourth-order valence-corrected chi connectivity index (χ4v) is 1.75. The highest BCUT2D eigenvalue weighted by atomic mass is 16.3. The molecule has 0 saturated heterocycles. The van der Waals surface area contributed by atoms with Crippen molar-refractivity contribution in [2.45, 2.75) is 34.6 Å². The average molecular weight is 217 g/mol. The maximum atomic E-state index is 9.56. The summed E-state index contributed by atoms with van der Waals surface area (Å²) in [6.45, 7) is 9.92. The van der Waals surface area contributed by atoms with Gasteiger partial charge < -0.3 is 5.11 Å². The highest BCUT2D eigenvalue weighted by molar-refractivity contribution is 5.86. The van der Waals surface area contributed by atoms with Crippen LogP contribution in [0.2, 0.25) is 0 Å². The number of pyridine rings is 1. The van der Waals surface area contributed by atoms with Gasteiger partial charge in [-0.15, -0.1) is 0 Å². The molecule has 2 aromatic rings. The molecule has 1 aromatic carbocycles. The SMILES string of the molecule is CC.Cc1cc(C)c2ccc(O)c(C)c2n1. The number of fused-ring (bicyclic) bond motifs is 1. The Labute approximate surface area is 97.0 Å². The predicted molar refractivity (Wildman–Crippen MR) is 69.0 cm³/mol. The van der Waals surface area contributed by atoms with Gasteiger partial charge in [0.1, 0.15) is 5.75 Å². The van der Waals surface area contributed by atoms with Gasteiger partial charge in [-0.25, -0.2) is 0 Å². The summed E-state index contributed by atoms with van der Waals surface area (Å²) in [6.07, 6.45) is 0. The lowest BCUT2D eigenvalue weighted by atomic mass is 10.1. The second kappa shape index (κ2) is 4.97. The molecule has 0 amide bonds. The highest BCUT2D eigenvalue weighted by Gasteiger charge is 2.06. The monoisotopic (exact) mass is 217 g/mol. The van der Waals surface area contributed by atoms with E-state index in [4.69, 9.17) is 0 Å². The van der Waals surface area contributed by atoms with Gasteiger partial charge in [-0.2, -0.15) is 0 Å². The summed E-state index contributed by atoms with van der Waals surface area (Å²) in [4.78, 5) is 4.44. The topological polar surface area (TPSA) is 33.1 Å². The van der Waals surface area contributed by atoms with E-state index in [-0.39, 0.29) is 0 Å². The average Bonchev–Trinajstić information content (AvgIpc) is 2.27. The first-order chi connectivity index (χ1) is 7.59. The molecule has 2 heteroatoms. The van der Waals surface area contributed by atoms with Gasteiger partial charge in [-0.3, -0.25) is 4.98 Å². The van der Waals surface area contributed by atoms with E-state index in [0.29, 0.717) is 5.75 Å². The first kappa shape index (κ1) is 12.5. The summed E-state index contributed by atoms with van der Waals surface area (Å²) in [6, 6.07) is 5.69. The Kier molecular flexibility index (Phi) is 3.88. The Morgan fingerprint density at radius 1 is 1.06 bits per heavy atom. The molecule has 1 N–H and O–H groups in total. The van der Waals surface area contributed by atoms with Crippen LogP contribution in [-0.2, 0) is 0 Å². The van der Waals surface area contributed by atoms with Gasteiger partial charge in [0.25, 0.3) is 0 Å². The van der Waals surface area contributed by atoms with E-state index in [9.17, 15) is 5.11 Å². The quantitative estimate of drug-likeness (QED) is 0.726. The second-order valence-corrected chi connectivity index (χ2v) is 3.69. The number of rotatable bonds is 0. The van der Waals surface area contributed by atoms with Crippen molar-refractivity contribution in [2.75, 3.05) is 0 Å². The Bertz CT molecular complexity index is 504. The van der Waals surface area contributed by atoms with Gasteiger partial charge in [-0.05, 0) is 44.5 Å². The molecule has 86 valence electrons. The van der Waals surface area contributed by atoms with Crippen LogP contribution < -0.4 is 0 Å². The molecule has 1 aromatic heterocycles. The smallest absolute Gasteiger partial charge is 0.120 e. The van der Waals surface area contributed by atoms with Gasteiger partial charge >= 0.3 is 0 Å². The molecule has 2 rings (SSSR count). The lowest BCUT2D eigenvalue weighted by Crippen LogP contribution is -1.90. The molecule has 0 saturated carbocycles. The van der Waals surface area contributed by atoms with E-state index in [1.54, 1.807) is 6.07 Å². The maximum Gasteiger partial charge on any atom is 0.120 e. The molecule has 0 aliphatic rings. The largest absolute Gasteiger partial charge is 0.508 e. The van der Waals surface area contributed by atoms with Crippen LogP contribution in [0, 0.1) is 20.8 Å². The summed E-state index contributed by atoms with van der Waals surface area (Å²) < 4.78 is 0. The molecule has 0 fully saturated rings. The van der Waals surface area contributed by atoms with Crippen LogP contribution in [-0.4, -0.2) is 10.1 Å². The minimum atomic E-state index is 0.315. The summed E-state index contributed by atoms with van der Waals surface area (Å²) in [5, 5.41) is 10.7. The molecular formula is C14H19NO. The zero-order chi connectivity index (χ0) is 12.3.